The largest absolute Gasteiger partial charge is 0.347 e. The van der Waals surface area contributed by atoms with Gasteiger partial charge in [0.15, 0.2) is 20.8 Å². The lowest BCUT2D eigenvalue weighted by Crippen LogP contribution is -2.36. The molecule has 1 heterocycles. The molecule has 2 rings (SSSR count). The summed E-state index contributed by atoms with van der Waals surface area (Å²) in [7, 11) is 1.16. The number of amides is 1. The predicted octanol–water partition coefficient (Wildman–Crippen LogP) is 0.927. The van der Waals surface area contributed by atoms with Crippen LogP contribution in [0.3, 0.4) is 0 Å². The second-order valence-corrected chi connectivity index (χ2v) is 8.93. The van der Waals surface area contributed by atoms with Gasteiger partial charge in [0.2, 0.25) is 5.91 Å². The van der Waals surface area contributed by atoms with Gasteiger partial charge in [-0.15, -0.1) is 10.2 Å². The molecule has 26 heavy (non-hydrogen) atoms. The van der Waals surface area contributed by atoms with Crippen molar-refractivity contribution in [2.24, 2.45) is 7.05 Å². The number of rotatable bonds is 7. The van der Waals surface area contributed by atoms with Gasteiger partial charge in [-0.25, -0.2) is 8.42 Å². The Bertz CT molecular complexity index is 908. The number of Topliss-reactive ketones (excluding diaryl/α,β-unsaturated/α-hetero) is 1. The van der Waals surface area contributed by atoms with E-state index in [1.54, 1.807) is 39.3 Å². The van der Waals surface area contributed by atoms with Gasteiger partial charge in [0.25, 0.3) is 0 Å². The second-order valence-electron chi connectivity index (χ2n) is 5.87. The molecule has 1 aromatic heterocycles. The second kappa shape index (κ2) is 8.00. The molecule has 1 unspecified atom stereocenters. The van der Waals surface area contributed by atoms with E-state index in [9.17, 15) is 18.0 Å². The number of ketones is 1. The molecule has 0 fully saturated rings. The van der Waals surface area contributed by atoms with Crippen LogP contribution in [0.5, 0.6) is 0 Å². The van der Waals surface area contributed by atoms with E-state index < -0.39 is 15.1 Å². The molecule has 140 valence electrons. The van der Waals surface area contributed by atoms with Crippen molar-refractivity contribution >= 4 is 33.3 Å². The zero-order valence-electron chi connectivity index (χ0n) is 14.9. The fourth-order valence-electron chi connectivity index (χ4n) is 2.10. The van der Waals surface area contributed by atoms with Gasteiger partial charge in [0.05, 0.1) is 4.90 Å². The number of carbonyl (C=O) groups is 2. The first-order valence-corrected chi connectivity index (χ1v) is 10.2. The van der Waals surface area contributed by atoms with Gasteiger partial charge >= 0.3 is 0 Å². The highest BCUT2D eigenvalue weighted by atomic mass is 32.2. The highest BCUT2D eigenvalue weighted by molar-refractivity contribution is 8.01. The Morgan fingerprint density at radius 3 is 2.35 bits per heavy atom. The van der Waals surface area contributed by atoms with E-state index in [0.717, 1.165) is 11.8 Å². The van der Waals surface area contributed by atoms with Crippen molar-refractivity contribution in [3.63, 3.8) is 0 Å². The molecule has 1 aromatic carbocycles. The third kappa shape index (κ3) is 4.50. The number of nitrogens with zero attached hydrogens (tertiary/aromatic N) is 4. The van der Waals surface area contributed by atoms with Gasteiger partial charge in [0.1, 0.15) is 16.8 Å². The average Bonchev–Trinajstić information content (AvgIpc) is 2.92. The van der Waals surface area contributed by atoms with Crippen LogP contribution in [0, 0.1) is 0 Å². The van der Waals surface area contributed by atoms with E-state index in [1.807, 2.05) is 0 Å². The number of thioether (sulfide) groups is 1. The van der Waals surface area contributed by atoms with E-state index in [4.69, 9.17) is 0 Å². The summed E-state index contributed by atoms with van der Waals surface area (Å²) >= 11 is 0.956. The maximum atomic E-state index is 12.5. The van der Waals surface area contributed by atoms with Crippen molar-refractivity contribution in [3.05, 3.63) is 36.2 Å². The third-order valence-electron chi connectivity index (χ3n) is 3.60. The molecule has 0 spiro atoms. The molecule has 0 aliphatic rings. The summed E-state index contributed by atoms with van der Waals surface area (Å²) < 4.78 is 26.5. The lowest BCUT2D eigenvalue weighted by Gasteiger charge is -2.17. The van der Waals surface area contributed by atoms with E-state index in [-0.39, 0.29) is 28.2 Å². The van der Waals surface area contributed by atoms with Crippen LogP contribution in [0.2, 0.25) is 0 Å². The van der Waals surface area contributed by atoms with Crippen LogP contribution in [0.15, 0.2) is 40.4 Å². The minimum atomic E-state index is -3.57. The van der Waals surface area contributed by atoms with Crippen molar-refractivity contribution in [2.45, 2.75) is 28.0 Å². The molecule has 1 atom stereocenters. The number of hydrogen-bond donors (Lipinski definition) is 0. The Balaban J connectivity index is 2.25. The lowest BCUT2D eigenvalue weighted by molar-refractivity contribution is -0.132. The van der Waals surface area contributed by atoms with Crippen molar-refractivity contribution in [3.8, 4) is 0 Å². The van der Waals surface area contributed by atoms with Crippen LogP contribution < -0.4 is 0 Å². The van der Waals surface area contributed by atoms with Gasteiger partial charge in [-0.3, -0.25) is 9.59 Å². The standard InChI is InChI=1S/C16H20N4O4S2/c1-11(21)14(15(22)19(2)3)25-16-18-17-13(20(16)4)10-26(23,24)12-8-6-5-7-9-12/h5-9,14H,10H2,1-4H3. The molecule has 0 bridgehead atoms. The van der Waals surface area contributed by atoms with Crippen LogP contribution in [0.25, 0.3) is 0 Å². The monoisotopic (exact) mass is 396 g/mol. The average molecular weight is 396 g/mol. The fraction of sp³-hybridized carbons (Fsp3) is 0.375. The number of aromatic nitrogens is 3. The summed E-state index contributed by atoms with van der Waals surface area (Å²) in [5, 5.41) is 7.22. The summed E-state index contributed by atoms with van der Waals surface area (Å²) in [5.41, 5.74) is 0. The normalized spacial score (nSPS) is 12.6. The van der Waals surface area contributed by atoms with E-state index in [2.05, 4.69) is 10.2 Å². The van der Waals surface area contributed by atoms with Crippen molar-refractivity contribution in [1.29, 1.82) is 0 Å². The minimum Gasteiger partial charge on any atom is -0.347 e. The number of sulfone groups is 1. The number of carbonyl (C=O) groups excluding carboxylic acids is 2. The van der Waals surface area contributed by atoms with Crippen LogP contribution >= 0.6 is 11.8 Å². The maximum Gasteiger partial charge on any atom is 0.243 e. The Morgan fingerprint density at radius 1 is 1.19 bits per heavy atom. The van der Waals surface area contributed by atoms with Gasteiger partial charge < -0.3 is 9.47 Å². The van der Waals surface area contributed by atoms with Crippen molar-refractivity contribution in [1.82, 2.24) is 19.7 Å². The third-order valence-corrected chi connectivity index (χ3v) is 6.57. The Labute approximate surface area is 156 Å². The first-order valence-electron chi connectivity index (χ1n) is 7.68. The molecule has 0 N–H and O–H groups in total. The van der Waals surface area contributed by atoms with Gasteiger partial charge in [-0.2, -0.15) is 0 Å². The summed E-state index contributed by atoms with van der Waals surface area (Å²) in [6.45, 7) is 1.33. The van der Waals surface area contributed by atoms with E-state index in [0.29, 0.717) is 5.16 Å². The van der Waals surface area contributed by atoms with Crippen molar-refractivity contribution in [2.75, 3.05) is 14.1 Å². The molecule has 1 amide bonds. The molecule has 0 aliphatic heterocycles. The molecular formula is C16H20N4O4S2. The maximum absolute atomic E-state index is 12.5. The molecule has 0 saturated carbocycles. The van der Waals surface area contributed by atoms with Crippen LogP contribution in [0.1, 0.15) is 12.7 Å². The van der Waals surface area contributed by atoms with E-state index >= 15 is 0 Å². The van der Waals surface area contributed by atoms with Crippen molar-refractivity contribution < 1.29 is 18.0 Å². The molecule has 8 nitrogen and oxygen atoms in total. The smallest absolute Gasteiger partial charge is 0.243 e. The van der Waals surface area contributed by atoms with Gasteiger partial charge in [-0.05, 0) is 19.1 Å². The number of hydrogen-bond acceptors (Lipinski definition) is 7. The molecule has 0 aliphatic carbocycles. The minimum absolute atomic E-state index is 0.196. The quantitative estimate of drug-likeness (QED) is 0.507. The summed E-state index contributed by atoms with van der Waals surface area (Å²) in [6, 6.07) is 8.07. The Morgan fingerprint density at radius 2 is 1.81 bits per heavy atom. The van der Waals surface area contributed by atoms with Gasteiger partial charge in [0, 0.05) is 21.1 Å². The Kier molecular flexibility index (Phi) is 6.19. The zero-order valence-corrected chi connectivity index (χ0v) is 16.5. The van der Waals surface area contributed by atoms with Crippen LogP contribution in [-0.4, -0.2) is 59.1 Å². The summed E-state index contributed by atoms with van der Waals surface area (Å²) in [6.07, 6.45) is 0. The summed E-state index contributed by atoms with van der Waals surface area (Å²) in [5.74, 6) is -0.761. The molecule has 0 saturated heterocycles. The predicted molar refractivity (Wildman–Crippen MR) is 97.4 cm³/mol. The highest BCUT2D eigenvalue weighted by Crippen LogP contribution is 2.25. The number of benzene rings is 1. The molecule has 10 heteroatoms. The topological polar surface area (TPSA) is 102 Å². The molecule has 0 radical (unpaired) electrons. The van der Waals surface area contributed by atoms with E-state index in [1.165, 1.54) is 28.5 Å². The Hall–Kier alpha value is -2.20. The molecular weight excluding hydrogens is 376 g/mol. The zero-order chi connectivity index (χ0) is 19.5. The fourth-order valence-corrected chi connectivity index (χ4v) is 4.47. The first kappa shape index (κ1) is 20.1. The molecule has 2 aromatic rings. The SMILES string of the molecule is CC(=O)C(Sc1nnc(CS(=O)(=O)c2ccccc2)n1C)C(=O)N(C)C. The van der Waals surface area contributed by atoms with Crippen LogP contribution in [0.4, 0.5) is 0 Å². The first-order chi connectivity index (χ1) is 12.1. The highest BCUT2D eigenvalue weighted by Gasteiger charge is 2.29. The van der Waals surface area contributed by atoms with Crippen LogP contribution in [-0.2, 0) is 32.2 Å². The summed E-state index contributed by atoms with van der Waals surface area (Å²) in [4.78, 5) is 25.5. The van der Waals surface area contributed by atoms with Gasteiger partial charge in [-0.1, -0.05) is 30.0 Å². The lowest BCUT2D eigenvalue weighted by atomic mass is 10.3.